The molecule has 0 aromatic carbocycles. The summed E-state index contributed by atoms with van der Waals surface area (Å²) in [4.78, 5) is 19.3. The van der Waals surface area contributed by atoms with E-state index in [2.05, 4.69) is 20.5 Å². The van der Waals surface area contributed by atoms with E-state index in [0.29, 0.717) is 6.54 Å². The summed E-state index contributed by atoms with van der Waals surface area (Å²) < 4.78 is 0. The van der Waals surface area contributed by atoms with Crippen LogP contribution in [0.3, 0.4) is 0 Å². The predicted molar refractivity (Wildman–Crippen MR) is 68.0 cm³/mol. The van der Waals surface area contributed by atoms with Gasteiger partial charge in [0.25, 0.3) is 0 Å². The van der Waals surface area contributed by atoms with Crippen molar-refractivity contribution < 1.29 is 0 Å². The smallest absolute Gasteiger partial charge is 0.227 e. The van der Waals surface area contributed by atoms with Crippen molar-refractivity contribution in [3.05, 3.63) is 27.3 Å². The Balaban J connectivity index is 2.14. The summed E-state index contributed by atoms with van der Waals surface area (Å²) >= 11 is 1.61. The van der Waals surface area contributed by atoms with Crippen molar-refractivity contribution in [2.24, 2.45) is 5.18 Å². The van der Waals surface area contributed by atoms with Gasteiger partial charge >= 0.3 is 0 Å². The van der Waals surface area contributed by atoms with Crippen molar-refractivity contribution in [2.75, 3.05) is 16.8 Å². The molecule has 0 fully saturated rings. The van der Waals surface area contributed by atoms with E-state index in [1.807, 2.05) is 17.5 Å². The fraction of sp³-hybridized carbons (Fsp3) is 0.111. The number of nitroso groups, excluding NO2 is 1. The summed E-state index contributed by atoms with van der Waals surface area (Å²) in [5.74, 6) is 0.225. The third kappa shape index (κ3) is 2.48. The van der Waals surface area contributed by atoms with Crippen LogP contribution >= 0.6 is 11.3 Å². The maximum absolute atomic E-state index is 10.4. The maximum Gasteiger partial charge on any atom is 0.227 e. The van der Waals surface area contributed by atoms with Crippen LogP contribution in [-0.2, 0) is 6.54 Å². The molecule has 0 amide bonds. The molecule has 0 aliphatic carbocycles. The number of hydrogen-bond acceptors (Lipinski definition) is 8. The Hall–Kier alpha value is -2.22. The number of nitrogens with one attached hydrogen (secondary N) is 1. The van der Waals surface area contributed by atoms with Gasteiger partial charge in [-0.05, 0) is 16.6 Å². The first-order valence-electron chi connectivity index (χ1n) is 4.73. The van der Waals surface area contributed by atoms with Gasteiger partial charge in [-0.1, -0.05) is 6.07 Å². The molecule has 2 rings (SSSR count). The first-order chi connectivity index (χ1) is 8.20. The Morgan fingerprint density at radius 2 is 2.06 bits per heavy atom. The molecule has 0 saturated heterocycles. The predicted octanol–water partition coefficient (Wildman–Crippen LogP) is 1.71. The van der Waals surface area contributed by atoms with Crippen molar-refractivity contribution >= 4 is 34.6 Å². The normalized spacial score (nSPS) is 10.1. The van der Waals surface area contributed by atoms with Crippen LogP contribution in [-0.4, -0.2) is 9.97 Å². The lowest BCUT2D eigenvalue weighted by atomic mass is 10.4. The molecular weight excluding hydrogens is 240 g/mol. The van der Waals surface area contributed by atoms with E-state index in [9.17, 15) is 4.91 Å². The number of hydrogen-bond donors (Lipinski definition) is 3. The minimum atomic E-state index is -0.119. The molecule has 0 aliphatic heterocycles. The van der Waals surface area contributed by atoms with E-state index in [4.69, 9.17) is 11.5 Å². The quantitative estimate of drug-likeness (QED) is 0.710. The zero-order valence-corrected chi connectivity index (χ0v) is 9.57. The van der Waals surface area contributed by atoms with Crippen LogP contribution in [0.2, 0.25) is 0 Å². The lowest BCUT2D eigenvalue weighted by Crippen LogP contribution is -2.06. The van der Waals surface area contributed by atoms with Crippen molar-refractivity contribution in [3.8, 4) is 0 Å². The van der Waals surface area contributed by atoms with Crippen molar-refractivity contribution in [2.45, 2.75) is 6.54 Å². The fourth-order valence-corrected chi connectivity index (χ4v) is 1.89. The topological polar surface area (TPSA) is 119 Å². The number of anilines is 3. The van der Waals surface area contributed by atoms with Gasteiger partial charge in [0.05, 0.1) is 6.54 Å². The van der Waals surface area contributed by atoms with E-state index in [1.54, 1.807) is 11.3 Å². The Labute approximate surface area is 101 Å². The highest BCUT2D eigenvalue weighted by Crippen LogP contribution is 2.26. The van der Waals surface area contributed by atoms with Gasteiger partial charge in [-0.2, -0.15) is 9.97 Å². The summed E-state index contributed by atoms with van der Waals surface area (Å²) in [6.45, 7) is 0.574. The summed E-state index contributed by atoms with van der Waals surface area (Å²) in [5.41, 5.74) is 10.9. The number of aromatic nitrogens is 2. The third-order valence-corrected chi connectivity index (χ3v) is 2.91. The molecule has 0 aliphatic rings. The Bertz CT molecular complexity index is 503. The molecule has 8 heteroatoms. The highest BCUT2D eigenvalue weighted by atomic mass is 32.1. The van der Waals surface area contributed by atoms with Crippen LogP contribution in [0, 0.1) is 4.91 Å². The number of rotatable bonds is 4. The van der Waals surface area contributed by atoms with Gasteiger partial charge in [-0.25, -0.2) is 0 Å². The molecule has 88 valence electrons. The molecule has 0 radical (unpaired) electrons. The lowest BCUT2D eigenvalue weighted by molar-refractivity contribution is 1.08. The second-order valence-electron chi connectivity index (χ2n) is 3.19. The van der Waals surface area contributed by atoms with E-state index in [1.165, 1.54) is 0 Å². The van der Waals surface area contributed by atoms with Gasteiger partial charge in [0.1, 0.15) is 0 Å². The molecular formula is C9H10N6OS. The monoisotopic (exact) mass is 250 g/mol. The van der Waals surface area contributed by atoms with E-state index in [0.717, 1.165) is 4.88 Å². The second-order valence-corrected chi connectivity index (χ2v) is 4.22. The van der Waals surface area contributed by atoms with Gasteiger partial charge in [-0.15, -0.1) is 16.2 Å². The Morgan fingerprint density at radius 1 is 1.35 bits per heavy atom. The van der Waals surface area contributed by atoms with Crippen LogP contribution in [0.1, 0.15) is 4.88 Å². The van der Waals surface area contributed by atoms with Crippen molar-refractivity contribution in [1.82, 2.24) is 9.97 Å². The van der Waals surface area contributed by atoms with E-state index < -0.39 is 0 Å². The van der Waals surface area contributed by atoms with Crippen LogP contribution in [0.4, 0.5) is 23.3 Å². The molecule has 2 heterocycles. The molecule has 0 unspecified atom stereocenters. The zero-order chi connectivity index (χ0) is 12.3. The number of nitrogens with two attached hydrogens (primary N) is 2. The lowest BCUT2D eigenvalue weighted by Gasteiger charge is -2.06. The molecule has 2 aromatic heterocycles. The number of nitrogen functional groups attached to an aromatic ring is 2. The largest absolute Gasteiger partial charge is 0.382 e. The Morgan fingerprint density at radius 3 is 2.59 bits per heavy atom. The third-order valence-electron chi connectivity index (χ3n) is 2.03. The average molecular weight is 250 g/mol. The van der Waals surface area contributed by atoms with Gasteiger partial charge in [0.15, 0.2) is 17.3 Å². The number of thiophene rings is 1. The second kappa shape index (κ2) is 4.74. The fourth-order valence-electron chi connectivity index (χ4n) is 1.24. The molecule has 0 spiro atoms. The molecule has 0 bridgehead atoms. The molecule has 17 heavy (non-hydrogen) atoms. The van der Waals surface area contributed by atoms with E-state index >= 15 is 0 Å². The highest BCUT2D eigenvalue weighted by Gasteiger charge is 2.10. The van der Waals surface area contributed by atoms with Gasteiger partial charge in [-0.3, -0.25) is 0 Å². The zero-order valence-electron chi connectivity index (χ0n) is 8.75. The minimum absolute atomic E-state index is 0.0267. The van der Waals surface area contributed by atoms with Crippen LogP contribution < -0.4 is 16.8 Å². The highest BCUT2D eigenvalue weighted by molar-refractivity contribution is 7.09. The molecule has 5 N–H and O–H groups in total. The van der Waals surface area contributed by atoms with Crippen LogP contribution in [0.5, 0.6) is 0 Å². The minimum Gasteiger partial charge on any atom is -0.382 e. The summed E-state index contributed by atoms with van der Waals surface area (Å²) in [5, 5.41) is 7.61. The SMILES string of the molecule is Nc1nc(NCc2cccs2)nc(N)c1N=O. The summed E-state index contributed by atoms with van der Waals surface area (Å²) in [6.07, 6.45) is 0. The summed E-state index contributed by atoms with van der Waals surface area (Å²) in [7, 11) is 0. The first-order valence-corrected chi connectivity index (χ1v) is 5.61. The van der Waals surface area contributed by atoms with E-state index in [-0.39, 0.29) is 23.3 Å². The maximum atomic E-state index is 10.4. The molecule has 0 atom stereocenters. The molecule has 0 saturated carbocycles. The summed E-state index contributed by atoms with van der Waals surface area (Å²) in [6, 6.07) is 3.93. The molecule has 2 aromatic rings. The first kappa shape index (κ1) is 11.3. The van der Waals surface area contributed by atoms with Crippen LogP contribution in [0.15, 0.2) is 22.7 Å². The van der Waals surface area contributed by atoms with Gasteiger partial charge < -0.3 is 16.8 Å². The van der Waals surface area contributed by atoms with Crippen molar-refractivity contribution in [3.63, 3.8) is 0 Å². The van der Waals surface area contributed by atoms with Crippen molar-refractivity contribution in [1.29, 1.82) is 0 Å². The van der Waals surface area contributed by atoms with Crippen LogP contribution in [0.25, 0.3) is 0 Å². The molecule has 7 nitrogen and oxygen atoms in total. The Kier molecular flexibility index (Phi) is 3.15. The number of nitrogens with zero attached hydrogens (tertiary/aromatic N) is 3. The van der Waals surface area contributed by atoms with Gasteiger partial charge in [0, 0.05) is 4.88 Å². The standard InChI is InChI=1S/C9H10N6OS/c10-7-6(15-16)8(11)14-9(13-7)12-4-5-2-1-3-17-5/h1-3H,4H2,(H5,10,11,12,13,14). The van der Waals surface area contributed by atoms with Gasteiger partial charge in [0.2, 0.25) is 5.95 Å². The average Bonchev–Trinajstić information content (AvgIpc) is 2.79.